The Hall–Kier alpha value is -4.11. The van der Waals surface area contributed by atoms with E-state index in [2.05, 4.69) is 11.6 Å². The molecule has 1 atom stereocenters. The van der Waals surface area contributed by atoms with Crippen molar-refractivity contribution in [1.82, 2.24) is 4.57 Å². The first kappa shape index (κ1) is 25.0. The number of benzene rings is 2. The minimum atomic E-state index is -0.718. The first-order valence-electron chi connectivity index (χ1n) is 11.1. The summed E-state index contributed by atoms with van der Waals surface area (Å²) in [5, 5.41) is 0. The molecule has 186 valence electrons. The number of thiazole rings is 1. The highest BCUT2D eigenvalue weighted by Crippen LogP contribution is 2.32. The second-order valence-corrected chi connectivity index (χ2v) is 8.86. The van der Waals surface area contributed by atoms with Gasteiger partial charge in [0.2, 0.25) is 0 Å². The Morgan fingerprint density at radius 1 is 1.08 bits per heavy atom. The van der Waals surface area contributed by atoms with Crippen molar-refractivity contribution in [3.05, 3.63) is 97.2 Å². The molecule has 0 saturated carbocycles. The molecule has 1 aromatic heterocycles. The fourth-order valence-corrected chi connectivity index (χ4v) is 5.01. The number of esters is 1. The third-order valence-corrected chi connectivity index (χ3v) is 6.72. The van der Waals surface area contributed by atoms with E-state index < -0.39 is 12.0 Å². The molecular weight excluding hydrogens is 480 g/mol. The van der Waals surface area contributed by atoms with Crippen molar-refractivity contribution in [3.63, 3.8) is 0 Å². The average molecular weight is 507 g/mol. The van der Waals surface area contributed by atoms with Crippen LogP contribution in [0.3, 0.4) is 0 Å². The zero-order chi connectivity index (χ0) is 25.8. The number of ether oxygens (including phenoxy) is 4. The molecule has 2 aromatic carbocycles. The van der Waals surface area contributed by atoms with E-state index >= 15 is 0 Å². The molecule has 1 aliphatic rings. The van der Waals surface area contributed by atoms with E-state index in [0.717, 1.165) is 5.56 Å². The molecule has 0 aliphatic carbocycles. The number of allylic oxidation sites excluding steroid dienone is 1. The number of hydrogen-bond donors (Lipinski definition) is 0. The fourth-order valence-electron chi connectivity index (χ4n) is 3.98. The standard InChI is InChI=1S/C27H26N2O6S/c1-6-13-35-26(31)23-16(2)28-27-29(24(23)17-7-10-19(32-3)11-8-17)25(30)22(36-27)14-18-9-12-20(33-4)15-21(18)34-5/h6-12,14-15,24H,1,13H2,2-5H3. The molecule has 0 fully saturated rings. The average Bonchev–Trinajstić information content (AvgIpc) is 3.20. The molecule has 8 nitrogen and oxygen atoms in total. The number of carbonyl (C=O) groups excluding carboxylic acids is 1. The van der Waals surface area contributed by atoms with Crippen LogP contribution in [0.2, 0.25) is 0 Å². The first-order chi connectivity index (χ1) is 17.4. The van der Waals surface area contributed by atoms with E-state index in [0.29, 0.717) is 43.4 Å². The Balaban J connectivity index is 1.92. The number of aromatic nitrogens is 1. The van der Waals surface area contributed by atoms with Crippen LogP contribution >= 0.6 is 11.3 Å². The van der Waals surface area contributed by atoms with E-state index in [4.69, 9.17) is 18.9 Å². The summed E-state index contributed by atoms with van der Waals surface area (Å²) in [5.41, 5.74) is 1.94. The van der Waals surface area contributed by atoms with E-state index in [1.165, 1.54) is 22.0 Å². The Morgan fingerprint density at radius 3 is 2.42 bits per heavy atom. The van der Waals surface area contributed by atoms with Crippen molar-refractivity contribution in [2.75, 3.05) is 27.9 Å². The lowest BCUT2D eigenvalue weighted by Gasteiger charge is -2.24. The molecule has 0 saturated heterocycles. The Labute approximate surface area is 212 Å². The van der Waals surface area contributed by atoms with Crippen molar-refractivity contribution >= 4 is 23.4 Å². The predicted molar refractivity (Wildman–Crippen MR) is 137 cm³/mol. The second kappa shape index (κ2) is 10.7. The van der Waals surface area contributed by atoms with Gasteiger partial charge in [0.1, 0.15) is 23.9 Å². The molecule has 9 heteroatoms. The monoisotopic (exact) mass is 506 g/mol. The SMILES string of the molecule is C=CCOC(=O)C1=C(C)N=c2sc(=Cc3ccc(OC)cc3OC)c(=O)n2C1c1ccc(OC)cc1. The van der Waals surface area contributed by atoms with Gasteiger partial charge in [-0.2, -0.15) is 0 Å². The van der Waals surface area contributed by atoms with Gasteiger partial charge in [-0.05, 0) is 42.8 Å². The predicted octanol–water partition coefficient (Wildman–Crippen LogP) is 2.99. The number of carbonyl (C=O) groups is 1. The largest absolute Gasteiger partial charge is 0.497 e. The van der Waals surface area contributed by atoms with Crippen LogP contribution < -0.4 is 29.1 Å². The number of fused-ring (bicyclic) bond motifs is 1. The van der Waals surface area contributed by atoms with Crippen molar-refractivity contribution in [1.29, 1.82) is 0 Å². The minimum absolute atomic E-state index is 0.0482. The summed E-state index contributed by atoms with van der Waals surface area (Å²) in [6.45, 7) is 5.39. The third kappa shape index (κ3) is 4.70. The lowest BCUT2D eigenvalue weighted by molar-refractivity contribution is -0.138. The number of methoxy groups -OCH3 is 3. The van der Waals surface area contributed by atoms with Crippen LogP contribution in [0.5, 0.6) is 17.2 Å². The van der Waals surface area contributed by atoms with Gasteiger partial charge in [-0.25, -0.2) is 9.79 Å². The number of rotatable bonds is 8. The lowest BCUT2D eigenvalue weighted by atomic mass is 9.96. The van der Waals surface area contributed by atoms with Crippen molar-refractivity contribution in [2.24, 2.45) is 4.99 Å². The lowest BCUT2D eigenvalue weighted by Crippen LogP contribution is -2.39. The van der Waals surface area contributed by atoms with Crippen LogP contribution in [-0.4, -0.2) is 38.5 Å². The van der Waals surface area contributed by atoms with Gasteiger partial charge in [-0.3, -0.25) is 9.36 Å². The fraction of sp³-hybridized carbons (Fsp3) is 0.222. The molecule has 3 aromatic rings. The van der Waals surface area contributed by atoms with Gasteiger partial charge in [0.25, 0.3) is 5.56 Å². The molecule has 0 radical (unpaired) electrons. The van der Waals surface area contributed by atoms with Gasteiger partial charge in [-0.15, -0.1) is 0 Å². The summed E-state index contributed by atoms with van der Waals surface area (Å²) in [6.07, 6.45) is 3.25. The molecule has 4 rings (SSSR count). The topological polar surface area (TPSA) is 88.4 Å². The van der Waals surface area contributed by atoms with E-state index in [1.807, 2.05) is 18.2 Å². The summed E-state index contributed by atoms with van der Waals surface area (Å²) in [7, 11) is 4.71. The van der Waals surface area contributed by atoms with Crippen LogP contribution in [0, 0.1) is 0 Å². The molecule has 1 unspecified atom stereocenters. The molecule has 2 heterocycles. The van der Waals surface area contributed by atoms with Gasteiger partial charge in [0, 0.05) is 11.6 Å². The highest BCUT2D eigenvalue weighted by atomic mass is 32.1. The summed E-state index contributed by atoms with van der Waals surface area (Å²) in [5.74, 6) is 1.32. The Kier molecular flexibility index (Phi) is 7.40. The maximum absolute atomic E-state index is 13.7. The second-order valence-electron chi connectivity index (χ2n) is 7.85. The van der Waals surface area contributed by atoms with Crippen molar-refractivity contribution < 1.29 is 23.7 Å². The normalized spacial score (nSPS) is 15.1. The number of nitrogens with zero attached hydrogens (tertiary/aromatic N) is 2. The van der Waals surface area contributed by atoms with Gasteiger partial charge in [-0.1, -0.05) is 36.1 Å². The van der Waals surface area contributed by atoms with Gasteiger partial charge >= 0.3 is 5.97 Å². The Morgan fingerprint density at radius 2 is 1.78 bits per heavy atom. The summed E-state index contributed by atoms with van der Waals surface area (Å²) < 4.78 is 23.4. The van der Waals surface area contributed by atoms with Crippen LogP contribution in [-0.2, 0) is 9.53 Å². The zero-order valence-electron chi connectivity index (χ0n) is 20.4. The molecule has 0 spiro atoms. The molecule has 0 bridgehead atoms. The maximum Gasteiger partial charge on any atom is 0.338 e. The summed E-state index contributed by atoms with van der Waals surface area (Å²) >= 11 is 1.24. The van der Waals surface area contributed by atoms with Crippen molar-refractivity contribution in [2.45, 2.75) is 13.0 Å². The van der Waals surface area contributed by atoms with E-state index in [9.17, 15) is 9.59 Å². The molecular formula is C27H26N2O6S. The minimum Gasteiger partial charge on any atom is -0.497 e. The quantitative estimate of drug-likeness (QED) is 0.345. The maximum atomic E-state index is 13.7. The number of hydrogen-bond acceptors (Lipinski definition) is 8. The van der Waals surface area contributed by atoms with Gasteiger partial charge in [0.05, 0.1) is 43.2 Å². The molecule has 1 aliphatic heterocycles. The molecule has 36 heavy (non-hydrogen) atoms. The van der Waals surface area contributed by atoms with E-state index in [-0.39, 0.29) is 12.2 Å². The van der Waals surface area contributed by atoms with Crippen molar-refractivity contribution in [3.8, 4) is 17.2 Å². The summed E-state index contributed by atoms with van der Waals surface area (Å²) in [4.78, 5) is 31.9. The van der Waals surface area contributed by atoms with E-state index in [1.54, 1.807) is 58.6 Å². The third-order valence-electron chi connectivity index (χ3n) is 5.73. The zero-order valence-corrected chi connectivity index (χ0v) is 21.3. The van der Waals surface area contributed by atoms with Crippen LogP contribution in [0.4, 0.5) is 0 Å². The van der Waals surface area contributed by atoms with Crippen LogP contribution in [0.15, 0.2) is 76.2 Å². The van der Waals surface area contributed by atoms with Crippen LogP contribution in [0.1, 0.15) is 24.1 Å². The Bertz CT molecular complexity index is 1520. The molecule has 0 amide bonds. The van der Waals surface area contributed by atoms with Crippen LogP contribution in [0.25, 0.3) is 6.08 Å². The highest BCUT2D eigenvalue weighted by molar-refractivity contribution is 7.07. The molecule has 0 N–H and O–H groups in total. The van der Waals surface area contributed by atoms with Gasteiger partial charge in [0.15, 0.2) is 4.80 Å². The smallest absolute Gasteiger partial charge is 0.338 e. The highest BCUT2D eigenvalue weighted by Gasteiger charge is 2.33. The van der Waals surface area contributed by atoms with Gasteiger partial charge < -0.3 is 18.9 Å². The summed E-state index contributed by atoms with van der Waals surface area (Å²) in [6, 6.07) is 11.9. The first-order valence-corrected chi connectivity index (χ1v) is 11.9.